The number of piperidine rings is 1. The minimum absolute atomic E-state index is 0.121. The van der Waals surface area contributed by atoms with E-state index in [0.717, 1.165) is 41.7 Å². The number of methoxy groups -OCH3 is 1. The number of fused-ring (bicyclic) bond motifs is 1. The zero-order chi connectivity index (χ0) is 22.3. The molecule has 1 N–H and O–H groups in total. The molecule has 1 aliphatic rings. The molecule has 0 unspecified atom stereocenters. The Balaban J connectivity index is 1.35. The topological polar surface area (TPSA) is 58.5 Å². The number of ether oxygens (including phenoxy) is 1. The predicted octanol–water partition coefficient (Wildman–Crippen LogP) is 4.47. The number of aromatic nitrogens is 2. The van der Waals surface area contributed by atoms with Crippen molar-refractivity contribution in [1.29, 1.82) is 0 Å². The molecule has 0 aliphatic carbocycles. The van der Waals surface area contributed by atoms with E-state index in [9.17, 15) is 5.11 Å². The van der Waals surface area contributed by atoms with Crippen molar-refractivity contribution in [3.8, 4) is 17.6 Å². The molecule has 0 radical (unpaired) electrons. The number of hydrogen-bond acceptors (Lipinski definition) is 6. The second-order valence-corrected chi connectivity index (χ2v) is 9.11. The zero-order valence-corrected chi connectivity index (χ0v) is 19.0. The number of halogens is 1. The molecule has 2 aromatic heterocycles. The number of aliphatic hydroxyl groups excluding tert-OH is 1. The fourth-order valence-corrected chi connectivity index (χ4v) is 4.95. The molecule has 1 fully saturated rings. The van der Waals surface area contributed by atoms with E-state index >= 15 is 4.39 Å². The van der Waals surface area contributed by atoms with E-state index in [4.69, 9.17) is 4.74 Å². The van der Waals surface area contributed by atoms with Gasteiger partial charge in [-0.05, 0) is 67.5 Å². The van der Waals surface area contributed by atoms with Crippen LogP contribution >= 0.6 is 11.3 Å². The van der Waals surface area contributed by atoms with E-state index < -0.39 is 6.17 Å². The molecular weight excluding hydrogens is 425 g/mol. The van der Waals surface area contributed by atoms with Crippen LogP contribution in [-0.2, 0) is 0 Å². The molecule has 5 nitrogen and oxygen atoms in total. The van der Waals surface area contributed by atoms with Crippen LogP contribution in [0.4, 0.5) is 4.39 Å². The molecule has 0 saturated carbocycles. The smallest absolute Gasteiger partial charge is 0.126 e. The first-order chi connectivity index (χ1) is 15.7. The van der Waals surface area contributed by atoms with E-state index in [-0.39, 0.29) is 12.5 Å². The first kappa shape index (κ1) is 22.7. The lowest BCUT2D eigenvalue weighted by Crippen LogP contribution is -2.42. The highest BCUT2D eigenvalue weighted by molar-refractivity contribution is 7.10. The second kappa shape index (κ2) is 10.9. The van der Waals surface area contributed by atoms with Gasteiger partial charge in [-0.15, -0.1) is 11.3 Å². The van der Waals surface area contributed by atoms with Gasteiger partial charge in [-0.2, -0.15) is 0 Å². The second-order valence-electron chi connectivity index (χ2n) is 8.22. The Kier molecular flexibility index (Phi) is 7.69. The highest BCUT2D eigenvalue weighted by Crippen LogP contribution is 2.35. The van der Waals surface area contributed by atoms with Crippen molar-refractivity contribution in [2.75, 3.05) is 33.4 Å². The predicted molar refractivity (Wildman–Crippen MR) is 125 cm³/mol. The highest BCUT2D eigenvalue weighted by atomic mass is 32.1. The van der Waals surface area contributed by atoms with Crippen LogP contribution in [0.25, 0.3) is 10.9 Å². The van der Waals surface area contributed by atoms with Gasteiger partial charge < -0.3 is 9.84 Å². The van der Waals surface area contributed by atoms with E-state index in [2.05, 4.69) is 26.7 Å². The number of hydrogen-bond donors (Lipinski definition) is 1. The number of pyridine rings is 1. The summed E-state index contributed by atoms with van der Waals surface area (Å²) in [6, 6.07) is 7.32. The van der Waals surface area contributed by atoms with E-state index in [0.29, 0.717) is 30.2 Å². The maximum atomic E-state index is 15.3. The summed E-state index contributed by atoms with van der Waals surface area (Å²) < 4.78 is 20.6. The first-order valence-electron chi connectivity index (χ1n) is 10.9. The first-order valence-corrected chi connectivity index (χ1v) is 11.8. The van der Waals surface area contributed by atoms with Crippen LogP contribution in [0.15, 0.2) is 42.2 Å². The van der Waals surface area contributed by atoms with Gasteiger partial charge in [0, 0.05) is 24.7 Å². The molecule has 7 heteroatoms. The Labute approximate surface area is 192 Å². The van der Waals surface area contributed by atoms with Crippen molar-refractivity contribution < 1.29 is 14.2 Å². The normalized spacial score (nSPS) is 20.0. The van der Waals surface area contributed by atoms with Crippen molar-refractivity contribution >= 4 is 22.2 Å². The zero-order valence-electron chi connectivity index (χ0n) is 18.2. The van der Waals surface area contributed by atoms with E-state index in [1.165, 1.54) is 11.3 Å². The molecule has 3 aromatic rings. The van der Waals surface area contributed by atoms with Crippen molar-refractivity contribution in [2.24, 2.45) is 11.8 Å². The maximum absolute atomic E-state index is 15.3. The number of benzene rings is 1. The van der Waals surface area contributed by atoms with Crippen LogP contribution in [0.5, 0.6) is 5.75 Å². The number of aliphatic hydroxyl groups is 1. The minimum atomic E-state index is -1.07. The van der Waals surface area contributed by atoms with Gasteiger partial charge >= 0.3 is 0 Å². The lowest BCUT2D eigenvalue weighted by atomic mass is 9.81. The summed E-state index contributed by atoms with van der Waals surface area (Å²) in [6.45, 7) is 2.52. The summed E-state index contributed by atoms with van der Waals surface area (Å²) in [5.41, 5.74) is 3.21. The third kappa shape index (κ3) is 5.44. The minimum Gasteiger partial charge on any atom is -0.497 e. The summed E-state index contributed by atoms with van der Waals surface area (Å²) >= 11 is 1.54. The lowest BCUT2D eigenvalue weighted by molar-refractivity contribution is 0.0708. The van der Waals surface area contributed by atoms with Crippen molar-refractivity contribution in [3.05, 3.63) is 52.6 Å². The molecule has 1 aromatic carbocycles. The van der Waals surface area contributed by atoms with Crippen LogP contribution in [0.1, 0.15) is 35.9 Å². The monoisotopic (exact) mass is 453 g/mol. The summed E-state index contributed by atoms with van der Waals surface area (Å²) in [4.78, 5) is 11.6. The molecule has 0 bridgehead atoms. The van der Waals surface area contributed by atoms with Crippen molar-refractivity contribution in [3.63, 3.8) is 0 Å². The van der Waals surface area contributed by atoms with Gasteiger partial charge in [0.05, 0.1) is 35.8 Å². The highest BCUT2D eigenvalue weighted by Gasteiger charge is 2.29. The van der Waals surface area contributed by atoms with E-state index in [1.807, 2.05) is 18.2 Å². The van der Waals surface area contributed by atoms with Gasteiger partial charge in [0.1, 0.15) is 11.9 Å². The Morgan fingerprint density at radius 3 is 3.03 bits per heavy atom. The molecule has 168 valence electrons. The average molecular weight is 454 g/mol. The van der Waals surface area contributed by atoms with Gasteiger partial charge in [-0.1, -0.05) is 11.8 Å². The van der Waals surface area contributed by atoms with Crippen LogP contribution in [0.3, 0.4) is 0 Å². The van der Waals surface area contributed by atoms with Crippen LogP contribution in [0, 0.1) is 23.7 Å². The molecule has 1 aliphatic heterocycles. The van der Waals surface area contributed by atoms with Gasteiger partial charge in [-0.25, -0.2) is 4.39 Å². The molecule has 4 rings (SSSR count). The number of alkyl halides is 1. The van der Waals surface area contributed by atoms with Crippen LogP contribution in [0.2, 0.25) is 0 Å². The Morgan fingerprint density at radius 2 is 2.25 bits per heavy atom. The fourth-order valence-electron chi connectivity index (χ4n) is 4.47. The summed E-state index contributed by atoms with van der Waals surface area (Å²) in [5, 5.41) is 10.7. The van der Waals surface area contributed by atoms with Gasteiger partial charge in [0.2, 0.25) is 0 Å². The standard InChI is InChI=1S/C25H28FN3O2S/c1-31-20-5-7-25-23(13-20)22(8-10-28-25)24(26)6-4-18-9-12-29(15-19(18)16-30)11-2-3-21-14-27-17-32-21/h5,7-8,10,13-14,17-19,24,30H,4,6,9,11-12,15-16H2,1H3/t18-,19-,24-/m1/s1. The molecular formula is C25H28FN3O2S. The quantitative estimate of drug-likeness (QED) is 0.535. The largest absolute Gasteiger partial charge is 0.497 e. The summed E-state index contributed by atoms with van der Waals surface area (Å²) in [6.07, 6.45) is 4.50. The van der Waals surface area contributed by atoms with Gasteiger partial charge in [0.15, 0.2) is 0 Å². The van der Waals surface area contributed by atoms with Crippen molar-refractivity contribution in [2.45, 2.75) is 25.4 Å². The lowest BCUT2D eigenvalue weighted by Gasteiger charge is -2.37. The summed E-state index contributed by atoms with van der Waals surface area (Å²) in [7, 11) is 1.61. The maximum Gasteiger partial charge on any atom is 0.126 e. The van der Waals surface area contributed by atoms with E-state index in [1.54, 1.807) is 31.1 Å². The molecule has 32 heavy (non-hydrogen) atoms. The van der Waals surface area contributed by atoms with Crippen LogP contribution in [-0.4, -0.2) is 53.3 Å². The SMILES string of the molecule is COc1ccc2nccc([C@H](F)CC[C@@H]3CCN(CC#Cc4cncs4)C[C@@H]3CO)c2c1. The Bertz CT molecular complexity index is 1080. The number of nitrogens with zero attached hydrogens (tertiary/aromatic N) is 3. The summed E-state index contributed by atoms with van der Waals surface area (Å²) in [5.74, 6) is 7.50. The van der Waals surface area contributed by atoms with Crippen molar-refractivity contribution in [1.82, 2.24) is 14.9 Å². The third-order valence-electron chi connectivity index (χ3n) is 6.27. The Hall–Kier alpha value is -2.53. The molecule has 3 atom stereocenters. The molecule has 0 amide bonds. The number of likely N-dealkylation sites (tertiary alicyclic amines) is 1. The number of thiazole rings is 1. The van der Waals surface area contributed by atoms with Crippen LogP contribution < -0.4 is 4.74 Å². The Morgan fingerprint density at radius 1 is 1.34 bits per heavy atom. The van der Waals surface area contributed by atoms with Gasteiger partial charge in [-0.3, -0.25) is 14.9 Å². The average Bonchev–Trinajstić information content (AvgIpc) is 3.35. The number of rotatable bonds is 7. The molecule has 0 spiro atoms. The third-order valence-corrected chi connectivity index (χ3v) is 6.96. The van der Waals surface area contributed by atoms with Gasteiger partial charge in [0.25, 0.3) is 0 Å². The molecule has 1 saturated heterocycles. The fraction of sp³-hybridized carbons (Fsp3) is 0.440. The molecule has 3 heterocycles.